The lowest BCUT2D eigenvalue weighted by atomic mass is 10.1. The van der Waals surface area contributed by atoms with Crippen molar-refractivity contribution in [3.05, 3.63) is 57.5 Å². The first-order valence-corrected chi connectivity index (χ1v) is 11.9. The van der Waals surface area contributed by atoms with Gasteiger partial charge in [0.25, 0.3) is 5.91 Å². The monoisotopic (exact) mass is 498 g/mol. The molecule has 4 rings (SSSR count). The van der Waals surface area contributed by atoms with Crippen LogP contribution >= 0.6 is 24.0 Å². The molecule has 3 heterocycles. The van der Waals surface area contributed by atoms with Crippen LogP contribution in [0.4, 0.5) is 0 Å². The van der Waals surface area contributed by atoms with Gasteiger partial charge in [0.2, 0.25) is 0 Å². The van der Waals surface area contributed by atoms with Gasteiger partial charge in [-0.05, 0) is 43.2 Å². The summed E-state index contributed by atoms with van der Waals surface area (Å²) in [6.07, 6.45) is 3.79. The van der Waals surface area contributed by atoms with Crippen molar-refractivity contribution in [3.63, 3.8) is 0 Å². The predicted molar refractivity (Wildman–Crippen MR) is 134 cm³/mol. The molecule has 3 N–H and O–H groups in total. The highest BCUT2D eigenvalue weighted by atomic mass is 32.2. The number of thiocarbonyl (C=S) groups is 1. The smallest absolute Gasteiger partial charge is 0.328 e. The Bertz CT molecular complexity index is 1360. The number of fused-ring (bicyclic) bond motifs is 1. The van der Waals surface area contributed by atoms with Gasteiger partial charge in [-0.25, -0.2) is 9.78 Å². The summed E-state index contributed by atoms with van der Waals surface area (Å²) in [5.41, 5.74) is 2.85. The number of nitrogens with one attached hydrogen (secondary N) is 1. The Balaban J connectivity index is 1.49. The van der Waals surface area contributed by atoms with E-state index in [2.05, 4.69) is 9.97 Å². The summed E-state index contributed by atoms with van der Waals surface area (Å²) < 4.78 is 1.71. The van der Waals surface area contributed by atoms with Crippen LogP contribution < -0.4 is 5.69 Å². The van der Waals surface area contributed by atoms with Crippen molar-refractivity contribution in [3.8, 4) is 11.3 Å². The normalized spacial score (nSPS) is 15.1. The van der Waals surface area contributed by atoms with Gasteiger partial charge in [-0.2, -0.15) is 0 Å². The second-order valence-electron chi connectivity index (χ2n) is 7.72. The van der Waals surface area contributed by atoms with Crippen LogP contribution in [-0.2, 0) is 16.3 Å². The Kier molecular flexibility index (Phi) is 7.25. The molecule has 1 fully saturated rings. The molecule has 0 spiro atoms. The van der Waals surface area contributed by atoms with E-state index in [4.69, 9.17) is 17.3 Å². The molecule has 0 unspecified atom stereocenters. The number of imidazole rings is 1. The van der Waals surface area contributed by atoms with Crippen LogP contribution in [0.3, 0.4) is 0 Å². The number of carbonyl (C=O) groups excluding carboxylic acids is 1. The average Bonchev–Trinajstić information content (AvgIpc) is 3.27. The maximum Gasteiger partial charge on any atom is 0.328 e. The molecular formula is C23H22N4O5S2. The van der Waals surface area contributed by atoms with Crippen molar-refractivity contribution in [2.75, 3.05) is 6.54 Å². The van der Waals surface area contributed by atoms with Crippen LogP contribution in [0.1, 0.15) is 31.4 Å². The van der Waals surface area contributed by atoms with Gasteiger partial charge >= 0.3 is 11.7 Å². The minimum atomic E-state index is -0.819. The number of carboxylic acids is 1. The van der Waals surface area contributed by atoms with Crippen LogP contribution in [0.2, 0.25) is 0 Å². The van der Waals surface area contributed by atoms with Crippen molar-refractivity contribution in [2.24, 2.45) is 0 Å². The van der Waals surface area contributed by atoms with Crippen molar-refractivity contribution >= 4 is 57.3 Å². The Morgan fingerprint density at radius 2 is 2.00 bits per heavy atom. The number of carboxylic acid groups (broad SMARTS) is 1. The van der Waals surface area contributed by atoms with Gasteiger partial charge < -0.3 is 15.2 Å². The number of nitrogens with zero attached hydrogens (tertiary/aromatic N) is 3. The van der Waals surface area contributed by atoms with E-state index in [1.165, 1.54) is 16.3 Å². The number of pyridine rings is 1. The molecule has 176 valence electrons. The molecule has 3 aromatic rings. The highest BCUT2D eigenvalue weighted by molar-refractivity contribution is 8.26. The fraction of sp³-hybridized carbons (Fsp3) is 0.261. The average molecular weight is 499 g/mol. The molecule has 0 aliphatic carbocycles. The lowest BCUT2D eigenvalue weighted by molar-refractivity contribution is -0.137. The zero-order chi connectivity index (χ0) is 24.2. The number of thioether (sulfide) groups is 1. The van der Waals surface area contributed by atoms with E-state index in [9.17, 15) is 19.5 Å². The Morgan fingerprint density at radius 3 is 2.76 bits per heavy atom. The van der Waals surface area contributed by atoms with E-state index in [0.29, 0.717) is 57.5 Å². The van der Waals surface area contributed by atoms with Crippen LogP contribution in [-0.4, -0.2) is 52.4 Å². The zero-order valence-electron chi connectivity index (χ0n) is 18.1. The van der Waals surface area contributed by atoms with E-state index in [0.717, 1.165) is 5.56 Å². The van der Waals surface area contributed by atoms with E-state index in [1.807, 2.05) is 18.2 Å². The first kappa shape index (κ1) is 23.9. The fourth-order valence-corrected chi connectivity index (χ4v) is 5.00. The number of aliphatic hydroxyl groups excluding tert-OH is 1. The quantitative estimate of drug-likeness (QED) is 0.233. The molecule has 1 aliphatic rings. The molecule has 1 aliphatic heterocycles. The molecular weight excluding hydrogens is 476 g/mol. The Hall–Kier alpha value is -3.28. The molecule has 0 saturated carbocycles. The zero-order valence-corrected chi connectivity index (χ0v) is 19.7. The molecule has 2 aromatic heterocycles. The van der Waals surface area contributed by atoms with Crippen molar-refractivity contribution in [1.82, 2.24) is 19.4 Å². The first-order valence-electron chi connectivity index (χ1n) is 10.7. The second-order valence-corrected chi connectivity index (χ2v) is 9.39. The Morgan fingerprint density at radius 1 is 1.18 bits per heavy atom. The SMILES string of the molecule is O=C(O)CCCCCN1C(=O)C(=Cc2cccc(-c3ccc4c(c3)[nH]c(=O)n4CO)n2)SC1=S. The number of H-pyrrole nitrogens is 1. The first-order chi connectivity index (χ1) is 16.4. The van der Waals surface area contributed by atoms with Crippen LogP contribution in [0.15, 0.2) is 46.1 Å². The number of aliphatic hydroxyl groups is 1. The van der Waals surface area contributed by atoms with Crippen LogP contribution in [0.5, 0.6) is 0 Å². The highest BCUT2D eigenvalue weighted by Gasteiger charge is 2.31. The van der Waals surface area contributed by atoms with E-state index in [-0.39, 0.29) is 18.0 Å². The van der Waals surface area contributed by atoms with Gasteiger partial charge in [0.05, 0.1) is 27.3 Å². The maximum absolute atomic E-state index is 12.8. The third kappa shape index (κ3) is 5.11. The maximum atomic E-state index is 12.8. The van der Waals surface area contributed by atoms with E-state index < -0.39 is 12.7 Å². The number of hydrogen-bond donors (Lipinski definition) is 3. The largest absolute Gasteiger partial charge is 0.481 e. The molecule has 1 saturated heterocycles. The number of aliphatic carboxylic acids is 1. The molecule has 9 nitrogen and oxygen atoms in total. The van der Waals surface area contributed by atoms with Crippen LogP contribution in [0.25, 0.3) is 28.4 Å². The molecule has 1 amide bonds. The number of carbonyl (C=O) groups is 2. The van der Waals surface area contributed by atoms with Crippen molar-refractivity contribution in [2.45, 2.75) is 32.4 Å². The van der Waals surface area contributed by atoms with Crippen LogP contribution in [0, 0.1) is 0 Å². The van der Waals surface area contributed by atoms with Gasteiger partial charge in [-0.15, -0.1) is 0 Å². The molecule has 0 radical (unpaired) electrons. The third-order valence-corrected chi connectivity index (χ3v) is 6.78. The number of unbranched alkanes of at least 4 members (excludes halogenated alkanes) is 2. The second kappa shape index (κ2) is 10.3. The van der Waals surface area contributed by atoms with Crippen molar-refractivity contribution in [1.29, 1.82) is 0 Å². The lowest BCUT2D eigenvalue weighted by Crippen LogP contribution is -2.29. The summed E-state index contributed by atoms with van der Waals surface area (Å²) >= 11 is 6.59. The van der Waals surface area contributed by atoms with Gasteiger partial charge in [-0.3, -0.25) is 19.1 Å². The third-order valence-electron chi connectivity index (χ3n) is 5.41. The van der Waals surface area contributed by atoms with Gasteiger partial charge in [0, 0.05) is 18.5 Å². The van der Waals surface area contributed by atoms with Gasteiger partial charge in [0.1, 0.15) is 11.1 Å². The minimum absolute atomic E-state index is 0.122. The number of hydrogen-bond acceptors (Lipinski definition) is 7. The number of aromatic nitrogens is 3. The topological polar surface area (TPSA) is 129 Å². The molecule has 11 heteroatoms. The van der Waals surface area contributed by atoms with Crippen molar-refractivity contribution < 1.29 is 19.8 Å². The standard InChI is InChI=1S/C23H22N4O5S2/c28-13-27-18-9-8-14(11-17(18)25-22(27)32)16-6-4-5-15(24-16)12-19-21(31)26(23(33)34-19)10-3-1-2-7-20(29)30/h4-6,8-9,11-12,28H,1-3,7,10,13H2,(H,25,32)(H,29,30). The van der Waals surface area contributed by atoms with E-state index in [1.54, 1.807) is 29.2 Å². The Labute approximate surface area is 204 Å². The molecule has 34 heavy (non-hydrogen) atoms. The molecule has 0 bridgehead atoms. The summed E-state index contributed by atoms with van der Waals surface area (Å²) in [5, 5.41) is 18.1. The number of aromatic amines is 1. The van der Waals surface area contributed by atoms with Gasteiger partial charge in [0.15, 0.2) is 0 Å². The summed E-state index contributed by atoms with van der Waals surface area (Å²) in [7, 11) is 0. The minimum Gasteiger partial charge on any atom is -0.481 e. The predicted octanol–water partition coefficient (Wildman–Crippen LogP) is 3.19. The number of rotatable bonds is 9. The summed E-state index contributed by atoms with van der Waals surface area (Å²) in [6, 6.07) is 10.8. The van der Waals surface area contributed by atoms with E-state index >= 15 is 0 Å². The van der Waals surface area contributed by atoms with Gasteiger partial charge in [-0.1, -0.05) is 42.5 Å². The summed E-state index contributed by atoms with van der Waals surface area (Å²) in [4.78, 5) is 44.8. The summed E-state index contributed by atoms with van der Waals surface area (Å²) in [6.45, 7) is 0.0488. The fourth-order valence-electron chi connectivity index (χ4n) is 3.71. The molecule has 1 aromatic carbocycles. The lowest BCUT2D eigenvalue weighted by Gasteiger charge is -2.13. The molecule has 0 atom stereocenters. The number of benzene rings is 1. The summed E-state index contributed by atoms with van der Waals surface area (Å²) in [5.74, 6) is -0.996. The number of amides is 1. The highest BCUT2D eigenvalue weighted by Crippen LogP contribution is 2.33.